The largest absolute Gasteiger partial charge is 0.459 e. The lowest BCUT2D eigenvalue weighted by Crippen LogP contribution is -2.24. The van der Waals surface area contributed by atoms with Crippen LogP contribution in [0.25, 0.3) is 0 Å². The fourth-order valence-electron chi connectivity index (χ4n) is 8.80. The summed E-state index contributed by atoms with van der Waals surface area (Å²) in [7, 11) is 0. The maximum atomic E-state index is 14.3. The molecular formula is C57H102O6. The maximum Gasteiger partial charge on any atom is 0.339 e. The standard InChI is InChI=1S/C57H102O6/c1-7-13-19-22-25-28-31-34-37-43-50(40-16-10-4)61-55(58)49-46-47-53(56(59)62-51(41-17-11-5)44-38-35-32-29-26-23-20-14-8-2)54(48-49)57(60)63-52(42-18-12-6)45-39-36-33-30-27-24-21-15-9-3/h46-48,50-52H,7-45H2,1-6H3. The van der Waals surface area contributed by atoms with Gasteiger partial charge >= 0.3 is 17.9 Å². The smallest absolute Gasteiger partial charge is 0.339 e. The Morgan fingerprint density at radius 2 is 0.571 bits per heavy atom. The van der Waals surface area contributed by atoms with Gasteiger partial charge in [0.05, 0.1) is 16.7 Å². The van der Waals surface area contributed by atoms with E-state index < -0.39 is 17.9 Å². The highest BCUT2D eigenvalue weighted by Crippen LogP contribution is 2.25. The highest BCUT2D eigenvalue weighted by Gasteiger charge is 2.27. The minimum atomic E-state index is -0.546. The average molecular weight is 883 g/mol. The third kappa shape index (κ3) is 31.2. The van der Waals surface area contributed by atoms with Gasteiger partial charge in [0.25, 0.3) is 0 Å². The highest BCUT2D eigenvalue weighted by atomic mass is 16.6. The Morgan fingerprint density at radius 1 is 0.317 bits per heavy atom. The number of rotatable bonds is 45. The van der Waals surface area contributed by atoms with Crippen molar-refractivity contribution in [1.82, 2.24) is 0 Å². The minimum absolute atomic E-state index is 0.115. The van der Waals surface area contributed by atoms with Crippen LogP contribution in [0.4, 0.5) is 0 Å². The Hall–Kier alpha value is -2.37. The molecule has 1 rings (SSSR count). The second kappa shape index (κ2) is 42.3. The van der Waals surface area contributed by atoms with Gasteiger partial charge in [-0.1, -0.05) is 234 Å². The quantitative estimate of drug-likeness (QED) is 0.0369. The fourth-order valence-corrected chi connectivity index (χ4v) is 8.80. The molecule has 0 bridgehead atoms. The van der Waals surface area contributed by atoms with Gasteiger partial charge < -0.3 is 14.2 Å². The van der Waals surface area contributed by atoms with Crippen LogP contribution in [0.5, 0.6) is 0 Å². The third-order valence-corrected chi connectivity index (χ3v) is 13.0. The molecule has 0 radical (unpaired) electrons. The number of unbranched alkanes of at least 4 members (excludes halogenated alkanes) is 27. The zero-order valence-electron chi connectivity index (χ0n) is 42.5. The monoisotopic (exact) mass is 883 g/mol. The van der Waals surface area contributed by atoms with Crippen LogP contribution in [0.15, 0.2) is 18.2 Å². The zero-order valence-corrected chi connectivity index (χ0v) is 42.5. The number of hydrogen-bond donors (Lipinski definition) is 0. The molecule has 0 heterocycles. The first-order valence-corrected chi connectivity index (χ1v) is 27.6. The van der Waals surface area contributed by atoms with Crippen molar-refractivity contribution in [3.05, 3.63) is 34.9 Å². The van der Waals surface area contributed by atoms with Gasteiger partial charge in [-0.25, -0.2) is 14.4 Å². The van der Waals surface area contributed by atoms with E-state index in [-0.39, 0.29) is 35.0 Å². The second-order valence-electron chi connectivity index (χ2n) is 19.1. The molecule has 0 aliphatic carbocycles. The summed E-state index contributed by atoms with van der Waals surface area (Å²) in [6.45, 7) is 13.3. The highest BCUT2D eigenvalue weighted by molar-refractivity contribution is 6.05. The van der Waals surface area contributed by atoms with Gasteiger partial charge in [0.2, 0.25) is 0 Å². The van der Waals surface area contributed by atoms with Crippen LogP contribution in [-0.4, -0.2) is 36.2 Å². The van der Waals surface area contributed by atoms with Crippen molar-refractivity contribution in [2.45, 2.75) is 310 Å². The van der Waals surface area contributed by atoms with Crippen LogP contribution in [0, 0.1) is 0 Å². The van der Waals surface area contributed by atoms with Gasteiger partial charge in [-0.15, -0.1) is 0 Å². The van der Waals surface area contributed by atoms with Gasteiger partial charge in [0, 0.05) is 0 Å². The molecule has 6 heteroatoms. The Balaban J connectivity index is 3.18. The van der Waals surface area contributed by atoms with Crippen LogP contribution in [0.1, 0.15) is 323 Å². The molecule has 0 saturated heterocycles. The molecule has 0 aliphatic rings. The maximum absolute atomic E-state index is 14.3. The Bertz CT molecular complexity index is 1230. The summed E-state index contributed by atoms with van der Waals surface area (Å²) in [6, 6.07) is 4.80. The first-order valence-electron chi connectivity index (χ1n) is 27.6. The summed E-state index contributed by atoms with van der Waals surface area (Å²) < 4.78 is 18.7. The van der Waals surface area contributed by atoms with E-state index in [9.17, 15) is 14.4 Å². The van der Waals surface area contributed by atoms with Gasteiger partial charge in [0.1, 0.15) is 18.3 Å². The molecule has 0 fully saturated rings. The summed E-state index contributed by atoms with van der Waals surface area (Å²) in [6.07, 6.45) is 43.9. The molecule has 366 valence electrons. The Labute approximate surface area is 390 Å². The molecule has 0 aromatic heterocycles. The normalized spacial score (nSPS) is 12.9. The second-order valence-corrected chi connectivity index (χ2v) is 19.1. The Kier molecular flexibility index (Phi) is 39.4. The van der Waals surface area contributed by atoms with Crippen LogP contribution in [0.3, 0.4) is 0 Å². The fraction of sp³-hybridized carbons (Fsp3) is 0.842. The van der Waals surface area contributed by atoms with Crippen molar-refractivity contribution in [2.24, 2.45) is 0 Å². The molecule has 0 aliphatic heterocycles. The molecule has 0 spiro atoms. The van der Waals surface area contributed by atoms with Crippen LogP contribution in [-0.2, 0) is 14.2 Å². The van der Waals surface area contributed by atoms with Crippen LogP contribution >= 0.6 is 0 Å². The van der Waals surface area contributed by atoms with Crippen molar-refractivity contribution in [1.29, 1.82) is 0 Å². The number of ether oxygens (including phenoxy) is 3. The predicted octanol–water partition coefficient (Wildman–Crippen LogP) is 18.6. The van der Waals surface area contributed by atoms with Gasteiger partial charge in [-0.05, 0) is 76.0 Å². The van der Waals surface area contributed by atoms with Crippen LogP contribution in [0.2, 0.25) is 0 Å². The molecule has 1 aromatic carbocycles. The van der Waals surface area contributed by atoms with E-state index in [2.05, 4.69) is 41.5 Å². The van der Waals surface area contributed by atoms with E-state index in [1.807, 2.05) is 0 Å². The molecule has 0 amide bonds. The predicted molar refractivity (Wildman–Crippen MR) is 268 cm³/mol. The van der Waals surface area contributed by atoms with E-state index in [4.69, 9.17) is 14.2 Å². The summed E-state index contributed by atoms with van der Waals surface area (Å²) in [4.78, 5) is 42.2. The molecule has 3 unspecified atom stereocenters. The summed E-state index contributed by atoms with van der Waals surface area (Å²) in [5.41, 5.74) is 0.581. The zero-order chi connectivity index (χ0) is 46.0. The average Bonchev–Trinajstić information content (AvgIpc) is 3.29. The molecule has 1 aromatic rings. The topological polar surface area (TPSA) is 78.9 Å². The SMILES string of the molecule is CCCCCCCCCCCC(CCCC)OC(=O)c1ccc(C(=O)OC(CCCC)CCCCCCCCCCC)c(C(=O)OC(CCCC)CCCCCCCCCCC)c1. The minimum Gasteiger partial charge on any atom is -0.459 e. The van der Waals surface area contributed by atoms with Gasteiger partial charge in [-0.3, -0.25) is 0 Å². The first kappa shape index (κ1) is 58.6. The number of benzene rings is 1. The summed E-state index contributed by atoms with van der Waals surface area (Å²) in [5, 5.41) is 0. The molecule has 3 atom stereocenters. The number of esters is 3. The molecular weight excluding hydrogens is 781 g/mol. The van der Waals surface area contributed by atoms with Crippen molar-refractivity contribution in [3.8, 4) is 0 Å². The van der Waals surface area contributed by atoms with Gasteiger partial charge in [-0.2, -0.15) is 0 Å². The first-order chi connectivity index (χ1) is 30.8. The third-order valence-electron chi connectivity index (χ3n) is 13.0. The van der Waals surface area contributed by atoms with E-state index in [0.29, 0.717) is 0 Å². The molecule has 0 saturated carbocycles. The summed E-state index contributed by atoms with van der Waals surface area (Å²) in [5.74, 6) is -1.49. The van der Waals surface area contributed by atoms with Crippen molar-refractivity contribution in [3.63, 3.8) is 0 Å². The molecule has 6 nitrogen and oxygen atoms in total. The molecule has 0 N–H and O–H groups in total. The number of carbonyl (C=O) groups excluding carboxylic acids is 3. The lowest BCUT2D eigenvalue weighted by Gasteiger charge is -2.21. The molecule has 63 heavy (non-hydrogen) atoms. The van der Waals surface area contributed by atoms with Crippen molar-refractivity contribution >= 4 is 17.9 Å². The van der Waals surface area contributed by atoms with Gasteiger partial charge in [0.15, 0.2) is 0 Å². The lowest BCUT2D eigenvalue weighted by atomic mass is 10.0. The number of carbonyl (C=O) groups is 3. The van der Waals surface area contributed by atoms with E-state index in [1.54, 1.807) is 18.2 Å². The van der Waals surface area contributed by atoms with E-state index in [0.717, 1.165) is 116 Å². The van der Waals surface area contributed by atoms with Crippen molar-refractivity contribution in [2.75, 3.05) is 0 Å². The lowest BCUT2D eigenvalue weighted by molar-refractivity contribution is 0.0199. The van der Waals surface area contributed by atoms with E-state index in [1.165, 1.54) is 135 Å². The Morgan fingerprint density at radius 3 is 0.889 bits per heavy atom. The summed E-state index contributed by atoms with van der Waals surface area (Å²) >= 11 is 0. The van der Waals surface area contributed by atoms with Crippen LogP contribution < -0.4 is 0 Å². The number of hydrogen-bond acceptors (Lipinski definition) is 6. The van der Waals surface area contributed by atoms with E-state index >= 15 is 0 Å². The van der Waals surface area contributed by atoms with Crippen molar-refractivity contribution < 1.29 is 28.6 Å².